The lowest BCUT2D eigenvalue weighted by atomic mass is 9.63. The molecule has 0 N–H and O–H groups in total. The van der Waals surface area contributed by atoms with Gasteiger partial charge in [0.25, 0.3) is 0 Å². The predicted octanol–water partition coefficient (Wildman–Crippen LogP) is 6.40. The molecule has 128 valence electrons. The minimum Gasteiger partial charge on any atom is -0.197 e. The lowest BCUT2D eigenvalue weighted by Crippen LogP contribution is -2.36. The van der Waals surface area contributed by atoms with Gasteiger partial charge in [0, 0.05) is 0 Å². The normalized spacial score (nSPS) is 15.1. The van der Waals surface area contributed by atoms with Gasteiger partial charge < -0.3 is 0 Å². The van der Waals surface area contributed by atoms with Crippen LogP contribution in [0.3, 0.4) is 0 Å². The number of nitriles is 1. The van der Waals surface area contributed by atoms with Gasteiger partial charge in [-0.15, -0.1) is 0 Å². The van der Waals surface area contributed by atoms with Gasteiger partial charge in [0.05, 0.1) is 11.5 Å². The van der Waals surface area contributed by atoms with Crippen LogP contribution in [0.1, 0.15) is 71.3 Å². The summed E-state index contributed by atoms with van der Waals surface area (Å²) in [5, 5.41) is 10.3. The number of hydrogen-bond donors (Lipinski definition) is 1. The molecule has 0 spiro atoms. The molecular weight excluding hydrogens is 298 g/mol. The highest BCUT2D eigenvalue weighted by atomic mass is 32.1. The number of rotatable bonds is 11. The molecule has 0 aliphatic heterocycles. The molecule has 0 saturated carbocycles. The Bertz CT molecular complexity index is 458. The Kier molecular flexibility index (Phi) is 9.41. The van der Waals surface area contributed by atoms with Crippen LogP contribution in [0, 0.1) is 23.2 Å². The zero-order chi connectivity index (χ0) is 17.1. The monoisotopic (exact) mass is 331 g/mol. The Hall–Kier alpha value is -0.940. The molecule has 2 unspecified atom stereocenters. The van der Waals surface area contributed by atoms with Crippen molar-refractivity contribution in [2.45, 2.75) is 71.1 Å². The van der Waals surface area contributed by atoms with Crippen molar-refractivity contribution < 1.29 is 0 Å². The molecule has 0 heterocycles. The van der Waals surface area contributed by atoms with Gasteiger partial charge in [0.2, 0.25) is 0 Å². The van der Waals surface area contributed by atoms with Crippen LogP contribution >= 0.6 is 12.6 Å². The Labute approximate surface area is 148 Å². The van der Waals surface area contributed by atoms with Crippen LogP contribution in [0.25, 0.3) is 0 Å². The van der Waals surface area contributed by atoms with Crippen LogP contribution in [0.2, 0.25) is 0 Å². The zero-order valence-electron chi connectivity index (χ0n) is 15.1. The smallest absolute Gasteiger partial charge is 0.0852 e. The van der Waals surface area contributed by atoms with E-state index in [0.717, 1.165) is 50.7 Å². The SMILES string of the molecule is CCCC(CCC)C(C#N)(CC(C)CCCS)c1ccccc1. The first kappa shape index (κ1) is 20.1. The van der Waals surface area contributed by atoms with E-state index in [1.165, 1.54) is 5.56 Å². The molecule has 0 amide bonds. The summed E-state index contributed by atoms with van der Waals surface area (Å²) in [5.41, 5.74) is 0.871. The van der Waals surface area contributed by atoms with Gasteiger partial charge >= 0.3 is 0 Å². The van der Waals surface area contributed by atoms with E-state index >= 15 is 0 Å². The van der Waals surface area contributed by atoms with Gasteiger partial charge in [-0.25, -0.2) is 0 Å². The summed E-state index contributed by atoms with van der Waals surface area (Å²) in [5.74, 6) is 1.93. The molecule has 2 atom stereocenters. The second-order valence-electron chi connectivity index (χ2n) is 6.90. The molecule has 1 nitrogen and oxygen atoms in total. The maximum absolute atomic E-state index is 10.3. The first-order chi connectivity index (χ1) is 11.1. The van der Waals surface area contributed by atoms with E-state index in [1.807, 2.05) is 6.07 Å². The third-order valence-corrected chi connectivity index (χ3v) is 5.30. The van der Waals surface area contributed by atoms with Gasteiger partial charge in [0.15, 0.2) is 0 Å². The summed E-state index contributed by atoms with van der Waals surface area (Å²) >= 11 is 4.34. The molecule has 1 aromatic rings. The van der Waals surface area contributed by atoms with Crippen LogP contribution in [-0.2, 0) is 5.41 Å². The molecule has 2 heteroatoms. The van der Waals surface area contributed by atoms with E-state index in [2.05, 4.69) is 63.7 Å². The van der Waals surface area contributed by atoms with E-state index in [0.29, 0.717) is 11.8 Å². The highest BCUT2D eigenvalue weighted by molar-refractivity contribution is 7.80. The fraction of sp³-hybridized carbons (Fsp3) is 0.667. The summed E-state index contributed by atoms with van der Waals surface area (Å²) in [6, 6.07) is 13.3. The summed E-state index contributed by atoms with van der Waals surface area (Å²) in [6.45, 7) is 6.77. The average molecular weight is 332 g/mol. The molecule has 0 bridgehead atoms. The highest BCUT2D eigenvalue weighted by Gasteiger charge is 2.40. The van der Waals surface area contributed by atoms with Crippen LogP contribution in [0.5, 0.6) is 0 Å². The average Bonchev–Trinajstić information content (AvgIpc) is 2.58. The number of nitrogens with zero attached hydrogens (tertiary/aromatic N) is 1. The van der Waals surface area contributed by atoms with Crippen LogP contribution in [-0.4, -0.2) is 5.75 Å². The molecule has 0 saturated heterocycles. The Balaban J connectivity index is 3.18. The van der Waals surface area contributed by atoms with Crippen molar-refractivity contribution in [3.8, 4) is 6.07 Å². The van der Waals surface area contributed by atoms with Crippen molar-refractivity contribution in [2.75, 3.05) is 5.75 Å². The van der Waals surface area contributed by atoms with E-state index in [1.54, 1.807) is 0 Å². The quantitative estimate of drug-likeness (QED) is 0.466. The Morgan fingerprint density at radius 3 is 2.17 bits per heavy atom. The van der Waals surface area contributed by atoms with Crippen LogP contribution < -0.4 is 0 Å². The van der Waals surface area contributed by atoms with Gasteiger partial charge in [-0.2, -0.15) is 17.9 Å². The van der Waals surface area contributed by atoms with E-state index in [4.69, 9.17) is 0 Å². The fourth-order valence-electron chi connectivity index (χ4n) is 3.88. The molecule has 0 radical (unpaired) electrons. The summed E-state index contributed by atoms with van der Waals surface area (Å²) < 4.78 is 0. The third-order valence-electron chi connectivity index (χ3n) is 4.99. The van der Waals surface area contributed by atoms with E-state index in [9.17, 15) is 5.26 Å². The topological polar surface area (TPSA) is 23.8 Å². The second-order valence-corrected chi connectivity index (χ2v) is 7.35. The molecule has 23 heavy (non-hydrogen) atoms. The molecule has 0 aliphatic rings. The molecule has 0 fully saturated rings. The minimum absolute atomic E-state index is 0.344. The predicted molar refractivity (Wildman–Crippen MR) is 104 cm³/mol. The van der Waals surface area contributed by atoms with E-state index in [-0.39, 0.29) is 5.41 Å². The Morgan fingerprint density at radius 1 is 1.09 bits per heavy atom. The summed E-state index contributed by atoms with van der Waals surface area (Å²) in [7, 11) is 0. The van der Waals surface area contributed by atoms with Crippen molar-refractivity contribution in [2.24, 2.45) is 11.8 Å². The lowest BCUT2D eigenvalue weighted by Gasteiger charge is -2.38. The third kappa shape index (κ3) is 5.57. The lowest BCUT2D eigenvalue weighted by molar-refractivity contribution is 0.242. The summed E-state index contributed by atoms with van der Waals surface area (Å²) in [6.07, 6.45) is 7.81. The van der Waals surface area contributed by atoms with Crippen molar-refractivity contribution in [3.05, 3.63) is 35.9 Å². The standard InChI is InChI=1S/C21H33NS/c1-4-10-19(11-5-2)21(17-22,16-18(3)12-9-15-23)20-13-7-6-8-14-20/h6-8,13-14,18-19,23H,4-5,9-12,15-16H2,1-3H3. The largest absolute Gasteiger partial charge is 0.197 e. The molecule has 0 aliphatic carbocycles. The number of benzene rings is 1. The van der Waals surface area contributed by atoms with Crippen molar-refractivity contribution in [1.29, 1.82) is 5.26 Å². The van der Waals surface area contributed by atoms with Crippen LogP contribution in [0.15, 0.2) is 30.3 Å². The van der Waals surface area contributed by atoms with Crippen molar-refractivity contribution in [3.63, 3.8) is 0 Å². The molecule has 1 rings (SSSR count). The van der Waals surface area contributed by atoms with Crippen molar-refractivity contribution >= 4 is 12.6 Å². The first-order valence-electron chi connectivity index (χ1n) is 9.22. The Morgan fingerprint density at radius 2 is 1.70 bits per heavy atom. The van der Waals surface area contributed by atoms with Crippen LogP contribution in [0.4, 0.5) is 0 Å². The first-order valence-corrected chi connectivity index (χ1v) is 9.85. The molecular formula is C21H33NS. The zero-order valence-corrected chi connectivity index (χ0v) is 16.0. The van der Waals surface area contributed by atoms with Gasteiger partial charge in [-0.1, -0.05) is 63.9 Å². The van der Waals surface area contributed by atoms with Gasteiger partial charge in [-0.3, -0.25) is 0 Å². The molecule has 0 aromatic heterocycles. The van der Waals surface area contributed by atoms with E-state index < -0.39 is 0 Å². The fourth-order valence-corrected chi connectivity index (χ4v) is 4.07. The minimum atomic E-state index is -0.344. The number of thiol groups is 1. The second kappa shape index (κ2) is 10.8. The van der Waals surface area contributed by atoms with Gasteiger partial charge in [-0.05, 0) is 55.3 Å². The molecule has 1 aromatic carbocycles. The number of hydrogen-bond acceptors (Lipinski definition) is 2. The maximum Gasteiger partial charge on any atom is 0.0852 e. The van der Waals surface area contributed by atoms with Gasteiger partial charge in [0.1, 0.15) is 0 Å². The maximum atomic E-state index is 10.3. The summed E-state index contributed by atoms with van der Waals surface area (Å²) in [4.78, 5) is 0. The highest BCUT2D eigenvalue weighted by Crippen LogP contribution is 2.43. The van der Waals surface area contributed by atoms with Crippen molar-refractivity contribution in [1.82, 2.24) is 0 Å².